The van der Waals surface area contributed by atoms with Crippen molar-refractivity contribution in [3.8, 4) is 0 Å². The first-order valence-electron chi connectivity index (χ1n) is 11.0. The summed E-state index contributed by atoms with van der Waals surface area (Å²) >= 11 is 0. The maximum atomic E-state index is 12.7. The number of nitrogens with one attached hydrogen (secondary N) is 2. The van der Waals surface area contributed by atoms with Gasteiger partial charge < -0.3 is 31.6 Å². The highest BCUT2D eigenvalue weighted by Crippen LogP contribution is 2.24. The van der Waals surface area contributed by atoms with Gasteiger partial charge in [0.05, 0.1) is 0 Å². The number of carboxylic acids is 1. The second-order valence-electron chi connectivity index (χ2n) is 8.09. The quantitative estimate of drug-likeness (QED) is 0.175. The van der Waals surface area contributed by atoms with Crippen LogP contribution in [-0.4, -0.2) is 46.4 Å². The molecule has 2 rings (SSSR count). The van der Waals surface area contributed by atoms with E-state index in [0.29, 0.717) is 12.0 Å². The number of carbonyl (C=O) groups is 3. The second-order valence-corrected chi connectivity index (χ2v) is 8.09. The lowest BCUT2D eigenvalue weighted by Crippen LogP contribution is -2.41. The Morgan fingerprint density at radius 1 is 1.15 bits per heavy atom. The summed E-state index contributed by atoms with van der Waals surface area (Å²) in [4.78, 5) is 44.9. The number of guanidine groups is 1. The fourth-order valence-electron chi connectivity index (χ4n) is 3.14. The van der Waals surface area contributed by atoms with Crippen LogP contribution in [0.5, 0.6) is 0 Å². The van der Waals surface area contributed by atoms with Gasteiger partial charge in [-0.3, -0.25) is 14.6 Å². The Morgan fingerprint density at radius 2 is 1.82 bits per heavy atom. The maximum absolute atomic E-state index is 12.7. The molecule has 0 radical (unpaired) electrons. The molecule has 0 aliphatic heterocycles. The van der Waals surface area contributed by atoms with Crippen LogP contribution in [0.4, 0.5) is 0 Å². The molecule has 7 N–H and O–H groups in total. The van der Waals surface area contributed by atoms with Crippen LogP contribution in [-0.2, 0) is 4.79 Å². The molecule has 0 saturated heterocycles. The molecule has 1 aromatic heterocycles. The number of carboxylic acid groups (broad SMARTS) is 1. The summed E-state index contributed by atoms with van der Waals surface area (Å²) in [6, 6.07) is 5.43. The number of aryl methyl sites for hydroxylation is 1. The van der Waals surface area contributed by atoms with Crippen LogP contribution < -0.4 is 22.1 Å². The van der Waals surface area contributed by atoms with Gasteiger partial charge in [0.15, 0.2) is 11.7 Å². The molecule has 0 spiro atoms. The number of hydrogen-bond acceptors (Lipinski definition) is 6. The first-order chi connectivity index (χ1) is 16.1. The third kappa shape index (κ3) is 7.61. The van der Waals surface area contributed by atoms with Gasteiger partial charge >= 0.3 is 5.97 Å². The third-order valence-corrected chi connectivity index (χ3v) is 5.38. The summed E-state index contributed by atoms with van der Waals surface area (Å²) in [7, 11) is 0. The zero-order valence-electron chi connectivity index (χ0n) is 19.6. The molecule has 2 amide bonds. The lowest BCUT2D eigenvalue weighted by Gasteiger charge is -2.21. The van der Waals surface area contributed by atoms with Crippen LogP contribution in [0.25, 0.3) is 0 Å². The molecule has 1 heterocycles. The molecule has 2 aromatic rings. The van der Waals surface area contributed by atoms with Gasteiger partial charge in [-0.25, -0.2) is 9.78 Å². The molecule has 34 heavy (non-hydrogen) atoms. The van der Waals surface area contributed by atoms with Crippen LogP contribution in [0, 0.1) is 12.8 Å². The number of benzene rings is 1. The molecule has 0 unspecified atom stereocenters. The van der Waals surface area contributed by atoms with Crippen LogP contribution >= 0.6 is 0 Å². The van der Waals surface area contributed by atoms with Gasteiger partial charge in [0, 0.05) is 12.1 Å². The molecule has 0 saturated carbocycles. The van der Waals surface area contributed by atoms with Crippen LogP contribution in [0.1, 0.15) is 71.5 Å². The third-order valence-electron chi connectivity index (χ3n) is 5.38. The predicted molar refractivity (Wildman–Crippen MR) is 126 cm³/mol. The normalized spacial score (nSPS) is 13.4. The minimum atomic E-state index is -1.19. The molecule has 1 aromatic carbocycles. The van der Waals surface area contributed by atoms with Crippen molar-refractivity contribution in [1.82, 2.24) is 15.6 Å². The minimum absolute atomic E-state index is 0.0359. The van der Waals surface area contributed by atoms with Crippen molar-refractivity contribution < 1.29 is 23.9 Å². The van der Waals surface area contributed by atoms with E-state index in [1.807, 2.05) is 32.9 Å². The zero-order valence-corrected chi connectivity index (χ0v) is 19.6. The Kier molecular flexibility index (Phi) is 9.60. The van der Waals surface area contributed by atoms with Gasteiger partial charge in [0.1, 0.15) is 18.3 Å². The van der Waals surface area contributed by atoms with E-state index >= 15 is 0 Å². The van der Waals surface area contributed by atoms with E-state index in [2.05, 4.69) is 20.6 Å². The lowest BCUT2D eigenvalue weighted by atomic mass is 9.98. The number of rotatable bonds is 12. The number of oxazole rings is 1. The van der Waals surface area contributed by atoms with E-state index in [0.717, 1.165) is 18.2 Å². The zero-order chi connectivity index (χ0) is 25.3. The largest absolute Gasteiger partial charge is 0.480 e. The molecule has 184 valence electrons. The summed E-state index contributed by atoms with van der Waals surface area (Å²) in [5.74, 6) is -2.13. The highest BCUT2D eigenvalue weighted by molar-refractivity contribution is 5.95. The molecular weight excluding hydrogens is 440 g/mol. The van der Waals surface area contributed by atoms with Crippen molar-refractivity contribution in [3.63, 3.8) is 0 Å². The highest BCUT2D eigenvalue weighted by atomic mass is 16.4. The molecule has 11 nitrogen and oxygen atoms in total. The van der Waals surface area contributed by atoms with Gasteiger partial charge in [0.25, 0.3) is 11.8 Å². The first kappa shape index (κ1) is 26.4. The summed E-state index contributed by atoms with van der Waals surface area (Å²) in [6.07, 6.45) is 2.36. The summed E-state index contributed by atoms with van der Waals surface area (Å²) in [5, 5.41) is 14.8. The lowest BCUT2D eigenvalue weighted by molar-refractivity contribution is -0.139. The van der Waals surface area contributed by atoms with Gasteiger partial charge in [-0.2, -0.15) is 0 Å². The fraction of sp³-hybridized carbons (Fsp3) is 0.435. The number of hydrogen-bond donors (Lipinski definition) is 5. The van der Waals surface area contributed by atoms with Crippen LogP contribution in [0.15, 0.2) is 39.9 Å². The molecule has 11 heteroatoms. The summed E-state index contributed by atoms with van der Waals surface area (Å²) < 4.78 is 5.51. The number of amides is 2. The molecule has 0 fully saturated rings. The Labute approximate surface area is 198 Å². The minimum Gasteiger partial charge on any atom is -0.480 e. The van der Waals surface area contributed by atoms with Crippen molar-refractivity contribution in [2.24, 2.45) is 22.4 Å². The molecule has 0 aliphatic carbocycles. The molecular formula is C23H32N6O5. The SMILES string of the molecule is CC[C@H](C)[C@H](NC(=O)c1ccc(C)cc1)c1nc(C(=O)N[C@@H](CCCN=C(N)N)C(=O)O)co1. The van der Waals surface area contributed by atoms with Gasteiger partial charge in [-0.05, 0) is 37.8 Å². The van der Waals surface area contributed by atoms with E-state index in [1.54, 1.807) is 12.1 Å². The number of aliphatic imine (C=N–C) groups is 1. The second kappa shape index (κ2) is 12.4. The standard InChI is InChI=1S/C23H32N6O5/c1-4-14(3)18(29-19(30)15-9-7-13(2)8-10-15)21-28-17(12-34-21)20(31)27-16(22(32)33)6-5-11-26-23(24)25/h7-10,12,14,16,18H,4-6,11H2,1-3H3,(H,27,31)(H,29,30)(H,32,33)(H4,24,25,26)/t14-,16-,18-/m0/s1. The number of nitrogens with zero attached hydrogens (tertiary/aromatic N) is 2. The molecule has 3 atom stereocenters. The van der Waals surface area contributed by atoms with Crippen molar-refractivity contribution in [2.45, 2.75) is 52.1 Å². The molecule has 0 aliphatic rings. The first-order valence-corrected chi connectivity index (χ1v) is 11.0. The highest BCUT2D eigenvalue weighted by Gasteiger charge is 2.28. The van der Waals surface area contributed by atoms with Gasteiger partial charge in [-0.15, -0.1) is 0 Å². The molecule has 0 bridgehead atoms. The van der Waals surface area contributed by atoms with Gasteiger partial charge in [-0.1, -0.05) is 38.0 Å². The smallest absolute Gasteiger partial charge is 0.326 e. The summed E-state index contributed by atoms with van der Waals surface area (Å²) in [6.45, 7) is 6.07. The summed E-state index contributed by atoms with van der Waals surface area (Å²) in [5.41, 5.74) is 11.9. The van der Waals surface area contributed by atoms with Crippen LogP contribution in [0.3, 0.4) is 0 Å². The van der Waals surface area contributed by atoms with Crippen molar-refractivity contribution in [3.05, 3.63) is 53.2 Å². The van der Waals surface area contributed by atoms with Crippen molar-refractivity contribution in [2.75, 3.05) is 6.54 Å². The fourth-order valence-corrected chi connectivity index (χ4v) is 3.14. The predicted octanol–water partition coefficient (Wildman–Crippen LogP) is 1.74. The van der Waals surface area contributed by atoms with E-state index in [4.69, 9.17) is 15.9 Å². The number of aromatic nitrogens is 1. The van der Waals surface area contributed by atoms with Crippen LogP contribution in [0.2, 0.25) is 0 Å². The number of carbonyl (C=O) groups excluding carboxylic acids is 2. The number of aliphatic carboxylic acids is 1. The van der Waals surface area contributed by atoms with Crippen molar-refractivity contribution >= 4 is 23.7 Å². The van der Waals surface area contributed by atoms with Gasteiger partial charge in [0.2, 0.25) is 5.89 Å². The Balaban J connectivity index is 2.10. The number of nitrogens with two attached hydrogens (primary N) is 2. The average molecular weight is 473 g/mol. The maximum Gasteiger partial charge on any atom is 0.326 e. The van der Waals surface area contributed by atoms with E-state index in [9.17, 15) is 19.5 Å². The Bertz CT molecular complexity index is 1010. The van der Waals surface area contributed by atoms with Crippen molar-refractivity contribution in [1.29, 1.82) is 0 Å². The monoisotopic (exact) mass is 472 g/mol. The Hall–Kier alpha value is -3.89. The topological polar surface area (TPSA) is 186 Å². The Morgan fingerprint density at radius 3 is 2.41 bits per heavy atom. The van der Waals surface area contributed by atoms with E-state index < -0.39 is 24.0 Å². The van der Waals surface area contributed by atoms with E-state index in [1.165, 1.54) is 0 Å². The average Bonchev–Trinajstić information content (AvgIpc) is 3.29. The van der Waals surface area contributed by atoms with E-state index in [-0.39, 0.29) is 42.3 Å².